The Morgan fingerprint density at radius 2 is 2.19 bits per heavy atom. The van der Waals surface area contributed by atoms with Gasteiger partial charge in [-0.1, -0.05) is 0 Å². The second-order valence-electron chi connectivity index (χ2n) is 6.25. The van der Waals surface area contributed by atoms with Crippen molar-refractivity contribution in [3.63, 3.8) is 0 Å². The number of carbonyl (C=O) groups excluding carboxylic acids is 1. The molecule has 0 amide bonds. The predicted octanol–water partition coefficient (Wildman–Crippen LogP) is 0.919. The van der Waals surface area contributed by atoms with Crippen LogP contribution in [0.5, 0.6) is 5.88 Å². The van der Waals surface area contributed by atoms with E-state index in [0.717, 1.165) is 10.9 Å². The lowest BCUT2D eigenvalue weighted by Gasteiger charge is -2.21. The number of cyclic esters (lactones) is 1. The van der Waals surface area contributed by atoms with Crippen molar-refractivity contribution >= 4 is 16.9 Å². The molecular formula is C18H13N3O5. The van der Waals surface area contributed by atoms with Crippen LogP contribution in [0, 0.1) is 0 Å². The molecule has 0 aliphatic carbocycles. The van der Waals surface area contributed by atoms with Gasteiger partial charge in [-0.05, 0) is 18.2 Å². The number of aliphatic hydroxyl groups is 1. The smallest absolute Gasteiger partial charge is 0.340 e. The zero-order chi connectivity index (χ0) is 18.0. The van der Waals surface area contributed by atoms with Crippen molar-refractivity contribution in [3.8, 4) is 17.3 Å². The van der Waals surface area contributed by atoms with Gasteiger partial charge in [0.05, 0.1) is 41.5 Å². The average molecular weight is 351 g/mol. The number of hydrogen-bond donors (Lipinski definition) is 1. The monoisotopic (exact) mass is 351 g/mol. The molecule has 2 aliphatic heterocycles. The first-order valence-corrected chi connectivity index (χ1v) is 8.03. The molecule has 5 rings (SSSR count). The summed E-state index contributed by atoms with van der Waals surface area (Å²) in [5, 5.41) is 10.9. The molecule has 0 saturated heterocycles. The highest BCUT2D eigenvalue weighted by Gasteiger charge is 2.33. The SMILES string of the molecule is COc1nccc2nc3c(cc12)Cn1c-3cc2c(c1=O)COC(=O)C2O. The molecule has 8 heteroatoms. The molecule has 3 aromatic heterocycles. The van der Waals surface area contributed by atoms with Crippen molar-refractivity contribution in [1.82, 2.24) is 14.5 Å². The number of aliphatic hydroxyl groups excluding tert-OH is 1. The minimum absolute atomic E-state index is 0.131. The predicted molar refractivity (Wildman–Crippen MR) is 89.6 cm³/mol. The van der Waals surface area contributed by atoms with Crippen LogP contribution < -0.4 is 10.3 Å². The van der Waals surface area contributed by atoms with Crippen LogP contribution in [0.15, 0.2) is 29.2 Å². The molecule has 0 spiro atoms. The Balaban J connectivity index is 1.78. The Labute approximate surface area is 146 Å². The zero-order valence-electron chi connectivity index (χ0n) is 13.7. The zero-order valence-corrected chi connectivity index (χ0v) is 13.7. The summed E-state index contributed by atoms with van der Waals surface area (Å²) in [6.07, 6.45) is 0.154. The van der Waals surface area contributed by atoms with Gasteiger partial charge in [-0.15, -0.1) is 0 Å². The number of methoxy groups -OCH3 is 1. The van der Waals surface area contributed by atoms with E-state index in [9.17, 15) is 14.7 Å². The van der Waals surface area contributed by atoms with E-state index in [1.807, 2.05) is 6.07 Å². The van der Waals surface area contributed by atoms with Crippen molar-refractivity contribution in [1.29, 1.82) is 0 Å². The van der Waals surface area contributed by atoms with E-state index in [-0.39, 0.29) is 12.2 Å². The molecule has 0 radical (unpaired) electrons. The summed E-state index contributed by atoms with van der Waals surface area (Å²) < 4.78 is 11.8. The standard InChI is InChI=1S/C18H13N3O5/c1-25-16-10-4-8-6-21-13(14(8)20-12(10)2-3-19-16)5-9-11(17(21)23)7-26-18(24)15(9)22/h2-5,15,22H,6-7H2,1H3. The average Bonchev–Trinajstić information content (AvgIpc) is 3.01. The summed E-state index contributed by atoms with van der Waals surface area (Å²) in [7, 11) is 1.54. The molecule has 3 aromatic rings. The Morgan fingerprint density at radius 1 is 1.35 bits per heavy atom. The Kier molecular flexibility index (Phi) is 2.96. The summed E-state index contributed by atoms with van der Waals surface area (Å²) in [6, 6.07) is 5.33. The van der Waals surface area contributed by atoms with E-state index in [1.54, 1.807) is 30.0 Å². The molecule has 0 fully saturated rings. The van der Waals surface area contributed by atoms with Crippen LogP contribution in [0.4, 0.5) is 0 Å². The van der Waals surface area contributed by atoms with Crippen LogP contribution in [0.25, 0.3) is 22.3 Å². The minimum atomic E-state index is -1.45. The Hall–Kier alpha value is -3.26. The van der Waals surface area contributed by atoms with E-state index in [2.05, 4.69) is 9.97 Å². The molecule has 0 aromatic carbocycles. The molecular weight excluding hydrogens is 338 g/mol. The van der Waals surface area contributed by atoms with Gasteiger partial charge in [0.15, 0.2) is 6.10 Å². The van der Waals surface area contributed by atoms with Gasteiger partial charge in [0.1, 0.15) is 6.61 Å². The fourth-order valence-corrected chi connectivity index (χ4v) is 3.59. The van der Waals surface area contributed by atoms with Crippen LogP contribution in [0.3, 0.4) is 0 Å². The fraction of sp³-hybridized carbons (Fsp3) is 0.222. The fourth-order valence-electron chi connectivity index (χ4n) is 3.59. The van der Waals surface area contributed by atoms with Crippen LogP contribution in [0.1, 0.15) is 22.8 Å². The number of fused-ring (bicyclic) bond motifs is 5. The molecule has 130 valence electrons. The molecule has 0 bridgehead atoms. The maximum Gasteiger partial charge on any atom is 0.340 e. The highest BCUT2D eigenvalue weighted by molar-refractivity contribution is 5.88. The summed E-state index contributed by atoms with van der Waals surface area (Å²) in [4.78, 5) is 33.3. The van der Waals surface area contributed by atoms with Crippen molar-refractivity contribution in [2.75, 3.05) is 7.11 Å². The van der Waals surface area contributed by atoms with E-state index in [1.165, 1.54) is 0 Å². The first-order chi connectivity index (χ1) is 12.6. The second-order valence-corrected chi connectivity index (χ2v) is 6.25. The third-order valence-electron chi connectivity index (χ3n) is 4.86. The highest BCUT2D eigenvalue weighted by Crippen LogP contribution is 2.36. The first kappa shape index (κ1) is 15.0. The van der Waals surface area contributed by atoms with Crippen molar-refractivity contribution < 1.29 is 19.4 Å². The number of ether oxygens (including phenoxy) is 2. The summed E-state index contributed by atoms with van der Waals surface area (Å²) >= 11 is 0. The Morgan fingerprint density at radius 3 is 3.00 bits per heavy atom. The molecule has 1 unspecified atom stereocenters. The third-order valence-corrected chi connectivity index (χ3v) is 4.86. The maximum absolute atomic E-state index is 12.8. The van der Waals surface area contributed by atoms with Crippen LogP contribution in [0.2, 0.25) is 0 Å². The van der Waals surface area contributed by atoms with E-state index in [0.29, 0.717) is 40.5 Å². The topological polar surface area (TPSA) is 104 Å². The number of hydrogen-bond acceptors (Lipinski definition) is 7. The molecule has 1 atom stereocenters. The molecule has 8 nitrogen and oxygen atoms in total. The van der Waals surface area contributed by atoms with Gasteiger partial charge >= 0.3 is 5.97 Å². The van der Waals surface area contributed by atoms with E-state index >= 15 is 0 Å². The third kappa shape index (κ3) is 1.87. The van der Waals surface area contributed by atoms with Gasteiger partial charge in [0, 0.05) is 17.3 Å². The first-order valence-electron chi connectivity index (χ1n) is 8.03. The molecule has 1 N–H and O–H groups in total. The van der Waals surface area contributed by atoms with Gasteiger partial charge in [-0.25, -0.2) is 14.8 Å². The summed E-state index contributed by atoms with van der Waals surface area (Å²) in [5.74, 6) is -0.280. The van der Waals surface area contributed by atoms with Crippen LogP contribution in [-0.2, 0) is 22.7 Å². The van der Waals surface area contributed by atoms with E-state index in [4.69, 9.17) is 9.47 Å². The van der Waals surface area contributed by atoms with Gasteiger partial charge < -0.3 is 19.1 Å². The largest absolute Gasteiger partial charge is 0.481 e. The Bertz CT molecular complexity index is 1170. The number of rotatable bonds is 1. The molecule has 5 heterocycles. The quantitative estimate of drug-likeness (QED) is 0.509. The lowest BCUT2D eigenvalue weighted by atomic mass is 10.0. The minimum Gasteiger partial charge on any atom is -0.481 e. The lowest BCUT2D eigenvalue weighted by molar-refractivity contribution is -0.157. The number of pyridine rings is 3. The summed E-state index contributed by atoms with van der Waals surface area (Å²) in [6.45, 7) is 0.218. The van der Waals surface area contributed by atoms with Gasteiger partial charge in [-0.2, -0.15) is 0 Å². The second kappa shape index (κ2) is 5.12. The summed E-state index contributed by atoms with van der Waals surface area (Å²) in [5.41, 5.74) is 3.08. The molecule has 26 heavy (non-hydrogen) atoms. The lowest BCUT2D eigenvalue weighted by Crippen LogP contribution is -2.32. The van der Waals surface area contributed by atoms with Crippen molar-refractivity contribution in [2.45, 2.75) is 19.3 Å². The van der Waals surface area contributed by atoms with Crippen LogP contribution in [-0.4, -0.2) is 32.7 Å². The van der Waals surface area contributed by atoms with Gasteiger partial charge in [-0.3, -0.25) is 4.79 Å². The highest BCUT2D eigenvalue weighted by atomic mass is 16.5. The van der Waals surface area contributed by atoms with Gasteiger partial charge in [0.25, 0.3) is 5.56 Å². The van der Waals surface area contributed by atoms with Crippen molar-refractivity contribution in [3.05, 3.63) is 51.4 Å². The number of esters is 1. The van der Waals surface area contributed by atoms with E-state index < -0.39 is 12.1 Å². The van der Waals surface area contributed by atoms with Gasteiger partial charge in [0.2, 0.25) is 5.88 Å². The normalized spacial score (nSPS) is 17.5. The number of aromatic nitrogens is 3. The number of nitrogens with zero attached hydrogens (tertiary/aromatic N) is 3. The maximum atomic E-state index is 12.8. The van der Waals surface area contributed by atoms with Crippen LogP contribution >= 0.6 is 0 Å². The number of carbonyl (C=O) groups is 1. The van der Waals surface area contributed by atoms with Crippen molar-refractivity contribution in [2.24, 2.45) is 0 Å². The molecule has 0 saturated carbocycles. The molecule has 2 aliphatic rings.